The van der Waals surface area contributed by atoms with Gasteiger partial charge in [-0.2, -0.15) is 0 Å². The zero-order valence-corrected chi connectivity index (χ0v) is 15.6. The van der Waals surface area contributed by atoms with E-state index in [-0.39, 0.29) is 0 Å². The van der Waals surface area contributed by atoms with E-state index in [2.05, 4.69) is 56.2 Å². The van der Waals surface area contributed by atoms with Crippen LogP contribution in [0, 0.1) is 0 Å². The summed E-state index contributed by atoms with van der Waals surface area (Å²) in [7, 11) is 0. The van der Waals surface area contributed by atoms with Crippen LogP contribution in [0.1, 0.15) is 17.4 Å². The highest BCUT2D eigenvalue weighted by Gasteiger charge is 2.10. The Morgan fingerprint density at radius 1 is 1.25 bits per heavy atom. The van der Waals surface area contributed by atoms with Gasteiger partial charge in [-0.05, 0) is 68.2 Å². The molecular formula is C14H14Br2ClNOS. The third kappa shape index (κ3) is 4.46. The van der Waals surface area contributed by atoms with Gasteiger partial charge in [0.05, 0.1) is 13.3 Å². The van der Waals surface area contributed by atoms with Crippen molar-refractivity contribution in [2.24, 2.45) is 0 Å². The van der Waals surface area contributed by atoms with Crippen LogP contribution in [0.3, 0.4) is 0 Å². The topological polar surface area (TPSA) is 21.3 Å². The Kier molecular flexibility index (Phi) is 6.36. The molecular weight excluding hydrogens is 425 g/mol. The molecule has 0 bridgehead atoms. The fraction of sp³-hybridized carbons (Fsp3) is 0.286. The predicted octanol–water partition coefficient (Wildman–Crippen LogP) is 5.62. The van der Waals surface area contributed by atoms with E-state index < -0.39 is 0 Å². The maximum Gasteiger partial charge on any atom is 0.148 e. The summed E-state index contributed by atoms with van der Waals surface area (Å²) in [6.07, 6.45) is 0. The average Bonchev–Trinajstić information content (AvgIpc) is 2.81. The number of benzene rings is 1. The van der Waals surface area contributed by atoms with Crippen molar-refractivity contribution >= 4 is 54.8 Å². The Morgan fingerprint density at radius 2 is 1.95 bits per heavy atom. The van der Waals surface area contributed by atoms with E-state index in [1.807, 2.05) is 12.1 Å². The number of ether oxygens (including phenoxy) is 1. The number of hydrogen-bond acceptors (Lipinski definition) is 3. The van der Waals surface area contributed by atoms with Crippen molar-refractivity contribution in [3.05, 3.63) is 48.0 Å². The van der Waals surface area contributed by atoms with Crippen LogP contribution in [0.4, 0.5) is 0 Å². The van der Waals surface area contributed by atoms with Crippen molar-refractivity contribution in [1.82, 2.24) is 5.32 Å². The van der Waals surface area contributed by atoms with Crippen molar-refractivity contribution in [2.75, 3.05) is 6.54 Å². The van der Waals surface area contributed by atoms with E-state index in [9.17, 15) is 0 Å². The van der Waals surface area contributed by atoms with Crippen molar-refractivity contribution in [2.45, 2.75) is 20.1 Å². The van der Waals surface area contributed by atoms with Crippen LogP contribution < -0.4 is 10.1 Å². The molecule has 1 aromatic carbocycles. The molecule has 0 saturated heterocycles. The highest BCUT2D eigenvalue weighted by Crippen LogP contribution is 2.36. The summed E-state index contributed by atoms with van der Waals surface area (Å²) in [5.74, 6) is 0.815. The van der Waals surface area contributed by atoms with Gasteiger partial charge in [-0.1, -0.05) is 18.5 Å². The fourth-order valence-corrected chi connectivity index (χ4v) is 4.21. The molecule has 2 nitrogen and oxygen atoms in total. The monoisotopic (exact) mass is 437 g/mol. The van der Waals surface area contributed by atoms with Gasteiger partial charge >= 0.3 is 0 Å². The molecule has 108 valence electrons. The molecule has 0 radical (unpaired) electrons. The predicted molar refractivity (Wildman–Crippen MR) is 92.9 cm³/mol. The highest BCUT2D eigenvalue weighted by molar-refractivity contribution is 9.11. The van der Waals surface area contributed by atoms with E-state index in [0.717, 1.165) is 37.0 Å². The van der Waals surface area contributed by atoms with Gasteiger partial charge in [-0.25, -0.2) is 0 Å². The molecule has 0 atom stereocenters. The van der Waals surface area contributed by atoms with Gasteiger partial charge in [0, 0.05) is 11.4 Å². The molecule has 1 N–H and O–H groups in total. The second kappa shape index (κ2) is 7.80. The molecule has 1 heterocycles. The molecule has 0 unspecified atom stereocenters. The first kappa shape index (κ1) is 16.3. The van der Waals surface area contributed by atoms with E-state index in [0.29, 0.717) is 6.61 Å². The van der Waals surface area contributed by atoms with Crippen LogP contribution in [-0.2, 0) is 13.2 Å². The Bertz CT molecular complexity index is 565. The van der Waals surface area contributed by atoms with Crippen LogP contribution >= 0.6 is 54.8 Å². The Balaban J connectivity index is 2.07. The summed E-state index contributed by atoms with van der Waals surface area (Å²) >= 11 is 14.6. The minimum Gasteiger partial charge on any atom is -0.486 e. The summed E-state index contributed by atoms with van der Waals surface area (Å²) in [5.41, 5.74) is 1.21. The van der Waals surface area contributed by atoms with Gasteiger partial charge in [-0.3, -0.25) is 0 Å². The van der Waals surface area contributed by atoms with E-state index in [1.54, 1.807) is 0 Å². The molecule has 0 aliphatic heterocycles. The molecule has 1 aromatic heterocycles. The van der Waals surface area contributed by atoms with Crippen molar-refractivity contribution in [3.63, 3.8) is 0 Å². The van der Waals surface area contributed by atoms with Crippen molar-refractivity contribution < 1.29 is 4.74 Å². The van der Waals surface area contributed by atoms with Gasteiger partial charge in [-0.15, -0.1) is 11.3 Å². The molecule has 2 aromatic rings. The first-order chi connectivity index (χ1) is 9.60. The molecule has 0 aliphatic rings. The minimum atomic E-state index is 0.515. The number of thiophene rings is 1. The average molecular weight is 440 g/mol. The largest absolute Gasteiger partial charge is 0.486 e. The first-order valence-electron chi connectivity index (χ1n) is 6.15. The molecule has 6 heteroatoms. The lowest BCUT2D eigenvalue weighted by molar-refractivity contribution is 0.305. The van der Waals surface area contributed by atoms with Crippen LogP contribution in [0.2, 0.25) is 4.34 Å². The van der Waals surface area contributed by atoms with Crippen LogP contribution in [0.5, 0.6) is 5.75 Å². The number of nitrogens with one attached hydrogen (secondary N) is 1. The lowest BCUT2D eigenvalue weighted by Gasteiger charge is -2.12. The maximum absolute atomic E-state index is 5.91. The van der Waals surface area contributed by atoms with Gasteiger partial charge in [0.1, 0.15) is 12.4 Å². The fourth-order valence-electron chi connectivity index (χ4n) is 1.69. The first-order valence-corrected chi connectivity index (χ1v) is 8.94. The summed E-state index contributed by atoms with van der Waals surface area (Å²) in [6, 6.07) is 8.01. The summed E-state index contributed by atoms with van der Waals surface area (Å²) in [4.78, 5) is 1.10. The van der Waals surface area contributed by atoms with Crippen LogP contribution in [0.15, 0.2) is 33.2 Å². The standard InChI is InChI=1S/C14H14Br2ClNOS/c1-2-18-7-9-5-11(15)14(12(16)6-9)19-8-10-3-4-13(17)20-10/h3-6,18H,2,7-8H2,1H3. The lowest BCUT2D eigenvalue weighted by atomic mass is 10.2. The van der Waals surface area contributed by atoms with E-state index in [1.165, 1.54) is 16.9 Å². The zero-order valence-electron chi connectivity index (χ0n) is 10.9. The SMILES string of the molecule is CCNCc1cc(Br)c(OCc2ccc(Cl)s2)c(Br)c1. The molecule has 20 heavy (non-hydrogen) atoms. The maximum atomic E-state index is 5.91. The summed E-state index contributed by atoms with van der Waals surface area (Å²) in [5, 5.41) is 3.30. The molecule has 0 spiro atoms. The molecule has 2 rings (SSSR count). The van der Waals surface area contributed by atoms with Crippen molar-refractivity contribution in [3.8, 4) is 5.75 Å². The van der Waals surface area contributed by atoms with Crippen molar-refractivity contribution in [1.29, 1.82) is 0 Å². The number of hydrogen-bond donors (Lipinski definition) is 1. The zero-order chi connectivity index (χ0) is 14.5. The summed E-state index contributed by atoms with van der Waals surface area (Å²) in [6.45, 7) is 4.40. The molecule has 0 fully saturated rings. The highest BCUT2D eigenvalue weighted by atomic mass is 79.9. The van der Waals surface area contributed by atoms with Crippen LogP contribution in [-0.4, -0.2) is 6.54 Å². The Morgan fingerprint density at radius 3 is 2.50 bits per heavy atom. The van der Waals surface area contributed by atoms with Gasteiger partial charge in [0.15, 0.2) is 0 Å². The second-order valence-corrected chi connectivity index (χ2v) is 7.67. The molecule has 0 aliphatic carbocycles. The Hall–Kier alpha value is -0.0700. The number of rotatable bonds is 6. The third-order valence-corrected chi connectivity index (χ3v) is 5.01. The van der Waals surface area contributed by atoms with E-state index in [4.69, 9.17) is 16.3 Å². The summed E-state index contributed by atoms with van der Waals surface area (Å²) < 4.78 is 8.54. The molecule has 0 saturated carbocycles. The smallest absolute Gasteiger partial charge is 0.148 e. The van der Waals surface area contributed by atoms with Gasteiger partial charge < -0.3 is 10.1 Å². The lowest BCUT2D eigenvalue weighted by Crippen LogP contribution is -2.11. The second-order valence-electron chi connectivity index (χ2n) is 4.16. The van der Waals surface area contributed by atoms with Gasteiger partial charge in [0.2, 0.25) is 0 Å². The number of halogens is 3. The van der Waals surface area contributed by atoms with E-state index >= 15 is 0 Å². The quantitative estimate of drug-likeness (QED) is 0.631. The van der Waals surface area contributed by atoms with Crippen LogP contribution in [0.25, 0.3) is 0 Å². The normalized spacial score (nSPS) is 10.8. The molecule has 0 amide bonds. The third-order valence-electron chi connectivity index (χ3n) is 2.62. The Labute approximate surface area is 144 Å². The minimum absolute atomic E-state index is 0.515. The van der Waals surface area contributed by atoms with Gasteiger partial charge in [0.25, 0.3) is 0 Å².